The van der Waals surface area contributed by atoms with Crippen LogP contribution in [0.3, 0.4) is 0 Å². The summed E-state index contributed by atoms with van der Waals surface area (Å²) in [7, 11) is 0. The van der Waals surface area contributed by atoms with Gasteiger partial charge in [0.15, 0.2) is 0 Å². The minimum absolute atomic E-state index is 0.0583. The fraction of sp³-hybridized carbons (Fsp3) is 0.462. The van der Waals surface area contributed by atoms with E-state index in [-0.39, 0.29) is 23.3 Å². The lowest BCUT2D eigenvalue weighted by Gasteiger charge is -2.33. The number of carbonyl (C=O) groups excluding carboxylic acids is 1. The molecule has 3 atom stereocenters. The SMILES string of the molecule is C=CC(=O)N1CC2CC(Nc3cc(F)nc(Cl)n3)C1C2. The van der Waals surface area contributed by atoms with Gasteiger partial charge >= 0.3 is 0 Å². The summed E-state index contributed by atoms with van der Waals surface area (Å²) in [6.07, 6.45) is 3.23. The van der Waals surface area contributed by atoms with E-state index >= 15 is 0 Å². The van der Waals surface area contributed by atoms with Gasteiger partial charge in [0.05, 0.1) is 6.04 Å². The molecule has 106 valence electrons. The van der Waals surface area contributed by atoms with E-state index in [1.807, 2.05) is 4.90 Å². The molecule has 1 amide bonds. The number of likely N-dealkylation sites (tertiary alicyclic amines) is 1. The van der Waals surface area contributed by atoms with Crippen LogP contribution >= 0.6 is 11.6 Å². The van der Waals surface area contributed by atoms with Crippen LogP contribution in [0, 0.1) is 11.9 Å². The third-order valence-electron chi connectivity index (χ3n) is 3.94. The molecule has 3 unspecified atom stereocenters. The predicted octanol–water partition coefficient (Wildman–Crippen LogP) is 1.86. The number of halogens is 2. The number of piperidine rings is 1. The van der Waals surface area contributed by atoms with Gasteiger partial charge in [0.2, 0.25) is 17.1 Å². The summed E-state index contributed by atoms with van der Waals surface area (Å²) in [5.74, 6) is 0.0974. The number of hydrogen-bond acceptors (Lipinski definition) is 4. The molecule has 1 aliphatic heterocycles. The molecular formula is C13H14ClFN4O. The normalized spacial score (nSPS) is 27.7. The molecule has 1 aromatic heterocycles. The van der Waals surface area contributed by atoms with Crippen LogP contribution < -0.4 is 5.32 Å². The molecule has 0 aromatic carbocycles. The lowest BCUT2D eigenvalue weighted by molar-refractivity contribution is -0.127. The van der Waals surface area contributed by atoms with E-state index in [9.17, 15) is 9.18 Å². The fourth-order valence-corrected chi connectivity index (χ4v) is 3.38. The summed E-state index contributed by atoms with van der Waals surface area (Å²) in [5.41, 5.74) is 0. The maximum Gasteiger partial charge on any atom is 0.246 e. The highest BCUT2D eigenvalue weighted by atomic mass is 35.5. The van der Waals surface area contributed by atoms with E-state index in [1.54, 1.807) is 0 Å². The van der Waals surface area contributed by atoms with Gasteiger partial charge in [0.25, 0.3) is 0 Å². The van der Waals surface area contributed by atoms with E-state index in [0.29, 0.717) is 11.7 Å². The highest BCUT2D eigenvalue weighted by molar-refractivity contribution is 6.28. The number of fused-ring (bicyclic) bond motifs is 2. The molecule has 1 aromatic rings. The number of amides is 1. The van der Waals surface area contributed by atoms with Gasteiger partial charge in [-0.05, 0) is 36.4 Å². The second-order valence-electron chi connectivity index (χ2n) is 5.20. The van der Waals surface area contributed by atoms with Gasteiger partial charge in [-0.1, -0.05) is 6.58 Å². The topological polar surface area (TPSA) is 58.1 Å². The Morgan fingerprint density at radius 3 is 3.00 bits per heavy atom. The van der Waals surface area contributed by atoms with Crippen molar-refractivity contribution in [2.45, 2.75) is 24.9 Å². The first-order chi connectivity index (χ1) is 9.56. The lowest BCUT2D eigenvalue weighted by atomic mass is 10.1. The van der Waals surface area contributed by atoms with Gasteiger partial charge < -0.3 is 10.2 Å². The minimum Gasteiger partial charge on any atom is -0.365 e. The van der Waals surface area contributed by atoms with Gasteiger partial charge in [-0.25, -0.2) is 4.98 Å². The third kappa shape index (κ3) is 2.35. The Labute approximate surface area is 120 Å². The summed E-state index contributed by atoms with van der Waals surface area (Å²) >= 11 is 5.64. The van der Waals surface area contributed by atoms with Gasteiger partial charge in [0.1, 0.15) is 5.82 Å². The van der Waals surface area contributed by atoms with Crippen LogP contribution in [0.25, 0.3) is 0 Å². The smallest absolute Gasteiger partial charge is 0.246 e. The molecule has 2 heterocycles. The van der Waals surface area contributed by atoms with Gasteiger partial charge in [-0.3, -0.25) is 4.79 Å². The molecule has 1 N–H and O–H groups in total. The highest BCUT2D eigenvalue weighted by Gasteiger charge is 2.46. The standard InChI is InChI=1S/C13H14ClFN4O/c1-2-12(20)19-6-7-3-8(9(19)4-7)16-11-5-10(15)17-13(14)18-11/h2,5,7-9H,1,3-4,6H2,(H,16,17,18). The van der Waals surface area contributed by atoms with Crippen molar-refractivity contribution in [2.75, 3.05) is 11.9 Å². The Morgan fingerprint density at radius 1 is 1.55 bits per heavy atom. The number of rotatable bonds is 3. The van der Waals surface area contributed by atoms with Crippen molar-refractivity contribution >= 4 is 23.3 Å². The first kappa shape index (κ1) is 13.3. The van der Waals surface area contributed by atoms with Crippen molar-refractivity contribution in [1.82, 2.24) is 14.9 Å². The van der Waals surface area contributed by atoms with Crippen molar-refractivity contribution in [3.05, 3.63) is 30.0 Å². The molecule has 20 heavy (non-hydrogen) atoms. The number of nitrogens with one attached hydrogen (secondary N) is 1. The van der Waals surface area contributed by atoms with E-state index in [4.69, 9.17) is 11.6 Å². The summed E-state index contributed by atoms with van der Waals surface area (Å²) in [4.78, 5) is 20.9. The zero-order chi connectivity index (χ0) is 14.3. The zero-order valence-corrected chi connectivity index (χ0v) is 11.5. The molecule has 1 saturated carbocycles. The zero-order valence-electron chi connectivity index (χ0n) is 10.7. The van der Waals surface area contributed by atoms with Crippen LogP contribution in [-0.2, 0) is 4.79 Å². The fourth-order valence-electron chi connectivity index (χ4n) is 3.20. The summed E-state index contributed by atoms with van der Waals surface area (Å²) in [5, 5.41) is 3.03. The average molecular weight is 297 g/mol. The van der Waals surface area contributed by atoms with Crippen LogP contribution in [0.1, 0.15) is 12.8 Å². The molecule has 0 radical (unpaired) electrons. The molecule has 2 fully saturated rings. The van der Waals surface area contributed by atoms with E-state index in [2.05, 4.69) is 21.9 Å². The Morgan fingerprint density at radius 2 is 2.35 bits per heavy atom. The van der Waals surface area contributed by atoms with Crippen LogP contribution in [0.2, 0.25) is 5.28 Å². The maximum absolute atomic E-state index is 13.2. The summed E-state index contributed by atoms with van der Waals surface area (Å²) in [6, 6.07) is 1.36. The quantitative estimate of drug-likeness (QED) is 0.525. The largest absolute Gasteiger partial charge is 0.365 e. The van der Waals surface area contributed by atoms with E-state index < -0.39 is 5.95 Å². The number of aromatic nitrogens is 2. The molecule has 3 rings (SSSR count). The van der Waals surface area contributed by atoms with Gasteiger partial charge in [-0.15, -0.1) is 0 Å². The molecule has 5 nitrogen and oxygen atoms in total. The number of nitrogens with zero attached hydrogens (tertiary/aromatic N) is 3. The monoisotopic (exact) mass is 296 g/mol. The first-order valence-corrected chi connectivity index (χ1v) is 6.84. The van der Waals surface area contributed by atoms with Gasteiger partial charge in [0, 0.05) is 18.7 Å². The van der Waals surface area contributed by atoms with Crippen LogP contribution in [0.4, 0.5) is 10.2 Å². The second-order valence-corrected chi connectivity index (χ2v) is 5.53. The van der Waals surface area contributed by atoms with Crippen molar-refractivity contribution in [2.24, 2.45) is 5.92 Å². The summed E-state index contributed by atoms with van der Waals surface area (Å²) < 4.78 is 13.2. The Bertz CT molecular complexity index is 547. The molecule has 2 aliphatic rings. The molecule has 2 bridgehead atoms. The first-order valence-electron chi connectivity index (χ1n) is 6.46. The van der Waals surface area contributed by atoms with Gasteiger partial charge in [-0.2, -0.15) is 9.37 Å². The molecule has 7 heteroatoms. The lowest BCUT2D eigenvalue weighted by Crippen LogP contribution is -2.47. The molecule has 1 saturated heterocycles. The van der Waals surface area contributed by atoms with Crippen LogP contribution in [-0.4, -0.2) is 39.4 Å². The number of anilines is 1. The third-order valence-corrected chi connectivity index (χ3v) is 4.11. The molecule has 1 aliphatic carbocycles. The van der Waals surface area contributed by atoms with Crippen LogP contribution in [0.5, 0.6) is 0 Å². The average Bonchev–Trinajstić information content (AvgIpc) is 2.96. The van der Waals surface area contributed by atoms with E-state index in [1.165, 1.54) is 12.1 Å². The Balaban J connectivity index is 1.75. The van der Waals surface area contributed by atoms with Crippen molar-refractivity contribution in [3.63, 3.8) is 0 Å². The van der Waals surface area contributed by atoms with Crippen molar-refractivity contribution in [3.8, 4) is 0 Å². The molecular weight excluding hydrogens is 283 g/mol. The number of hydrogen-bond donors (Lipinski definition) is 1. The van der Waals surface area contributed by atoms with Crippen LogP contribution in [0.15, 0.2) is 18.7 Å². The minimum atomic E-state index is -0.672. The van der Waals surface area contributed by atoms with Crippen molar-refractivity contribution < 1.29 is 9.18 Å². The van der Waals surface area contributed by atoms with E-state index in [0.717, 1.165) is 19.4 Å². The Kier molecular flexibility index (Phi) is 3.33. The van der Waals surface area contributed by atoms with Crippen molar-refractivity contribution in [1.29, 1.82) is 0 Å². The Hall–Kier alpha value is -1.69. The second kappa shape index (κ2) is 5.01. The highest BCUT2D eigenvalue weighted by Crippen LogP contribution is 2.39. The predicted molar refractivity (Wildman–Crippen MR) is 72.8 cm³/mol. The number of carbonyl (C=O) groups is 1. The summed E-state index contributed by atoms with van der Waals surface area (Å²) in [6.45, 7) is 4.29. The molecule has 0 spiro atoms. The maximum atomic E-state index is 13.2.